The van der Waals surface area contributed by atoms with Crippen molar-refractivity contribution in [1.29, 1.82) is 0 Å². The van der Waals surface area contributed by atoms with E-state index in [0.29, 0.717) is 0 Å². The molecule has 1 aromatic heterocycles. The third-order valence-corrected chi connectivity index (χ3v) is 3.84. The van der Waals surface area contributed by atoms with Crippen molar-refractivity contribution >= 4 is 26.7 Å². The summed E-state index contributed by atoms with van der Waals surface area (Å²) >= 11 is 0. The van der Waals surface area contributed by atoms with Crippen molar-refractivity contribution < 1.29 is 17.9 Å². The fourth-order valence-corrected chi connectivity index (χ4v) is 2.41. The number of benzene rings is 1. The third kappa shape index (κ3) is 2.38. The molecular formula is C12H13NO4S. The van der Waals surface area contributed by atoms with Crippen LogP contribution in [-0.4, -0.2) is 32.7 Å². The Morgan fingerprint density at radius 2 is 2.11 bits per heavy atom. The number of esters is 1. The van der Waals surface area contributed by atoms with Crippen LogP contribution in [-0.2, 0) is 25.8 Å². The predicted octanol–water partition coefficient (Wildman–Crippen LogP) is 1.29. The Bertz CT molecular complexity index is 700. The van der Waals surface area contributed by atoms with Gasteiger partial charge in [-0.05, 0) is 23.8 Å². The third-order valence-electron chi connectivity index (χ3n) is 2.73. The molecule has 0 amide bonds. The molecule has 0 spiro atoms. The van der Waals surface area contributed by atoms with E-state index in [0.717, 1.165) is 22.7 Å². The number of hydrogen-bond acceptors (Lipinski definition) is 4. The molecule has 6 heteroatoms. The van der Waals surface area contributed by atoms with Crippen molar-refractivity contribution in [3.8, 4) is 0 Å². The number of aromatic nitrogens is 1. The SMILES string of the molecule is COC(=O)Cc1c[nH]c2ccc(S(C)(=O)=O)cc12. The van der Waals surface area contributed by atoms with Crippen LogP contribution in [0, 0.1) is 0 Å². The summed E-state index contributed by atoms with van der Waals surface area (Å²) < 4.78 is 27.6. The predicted molar refractivity (Wildman–Crippen MR) is 67.1 cm³/mol. The van der Waals surface area contributed by atoms with Gasteiger partial charge in [0.05, 0.1) is 18.4 Å². The summed E-state index contributed by atoms with van der Waals surface area (Å²) in [5.74, 6) is -0.361. The van der Waals surface area contributed by atoms with Crippen molar-refractivity contribution in [2.75, 3.05) is 13.4 Å². The monoisotopic (exact) mass is 267 g/mol. The van der Waals surface area contributed by atoms with Gasteiger partial charge in [-0.3, -0.25) is 4.79 Å². The van der Waals surface area contributed by atoms with Crippen LogP contribution in [0.3, 0.4) is 0 Å². The lowest BCUT2D eigenvalue weighted by molar-refractivity contribution is -0.139. The second-order valence-electron chi connectivity index (χ2n) is 4.05. The molecule has 5 nitrogen and oxygen atoms in total. The van der Waals surface area contributed by atoms with E-state index in [1.807, 2.05) is 0 Å². The Morgan fingerprint density at radius 1 is 1.39 bits per heavy atom. The number of rotatable bonds is 3. The summed E-state index contributed by atoms with van der Waals surface area (Å²) in [6, 6.07) is 4.79. The molecule has 0 radical (unpaired) electrons. The van der Waals surface area contributed by atoms with Crippen LogP contribution in [0.5, 0.6) is 0 Å². The van der Waals surface area contributed by atoms with Gasteiger partial charge >= 0.3 is 5.97 Å². The number of fused-ring (bicyclic) bond motifs is 1. The quantitative estimate of drug-likeness (QED) is 0.850. The van der Waals surface area contributed by atoms with Crippen LogP contribution in [0.1, 0.15) is 5.56 Å². The molecule has 0 unspecified atom stereocenters. The lowest BCUT2D eigenvalue weighted by Gasteiger charge is -2.01. The van der Waals surface area contributed by atoms with E-state index in [4.69, 9.17) is 0 Å². The minimum atomic E-state index is -3.25. The first-order valence-corrected chi connectivity index (χ1v) is 7.18. The summed E-state index contributed by atoms with van der Waals surface area (Å²) in [4.78, 5) is 14.5. The van der Waals surface area contributed by atoms with Gasteiger partial charge in [-0.1, -0.05) is 0 Å². The van der Waals surface area contributed by atoms with Gasteiger partial charge in [0.2, 0.25) is 0 Å². The molecule has 0 saturated heterocycles. The lowest BCUT2D eigenvalue weighted by atomic mass is 10.1. The number of sulfone groups is 1. The Hall–Kier alpha value is -1.82. The van der Waals surface area contributed by atoms with Crippen molar-refractivity contribution in [1.82, 2.24) is 4.98 Å². The largest absolute Gasteiger partial charge is 0.469 e. The van der Waals surface area contributed by atoms with Crippen molar-refractivity contribution in [3.63, 3.8) is 0 Å². The highest BCUT2D eigenvalue weighted by molar-refractivity contribution is 7.90. The average molecular weight is 267 g/mol. The van der Waals surface area contributed by atoms with Gasteiger partial charge in [0, 0.05) is 23.4 Å². The van der Waals surface area contributed by atoms with E-state index in [2.05, 4.69) is 9.72 Å². The molecule has 96 valence electrons. The minimum Gasteiger partial charge on any atom is -0.469 e. The number of H-pyrrole nitrogens is 1. The zero-order chi connectivity index (χ0) is 13.3. The van der Waals surface area contributed by atoms with Gasteiger partial charge in [0.15, 0.2) is 9.84 Å². The van der Waals surface area contributed by atoms with Crippen molar-refractivity contribution in [3.05, 3.63) is 30.0 Å². The second-order valence-corrected chi connectivity index (χ2v) is 6.06. The first-order chi connectivity index (χ1) is 8.41. The molecule has 0 aliphatic carbocycles. The Kier molecular flexibility index (Phi) is 3.13. The fraction of sp³-hybridized carbons (Fsp3) is 0.250. The summed E-state index contributed by atoms with van der Waals surface area (Å²) in [6.45, 7) is 0. The first-order valence-electron chi connectivity index (χ1n) is 5.28. The highest BCUT2D eigenvalue weighted by Crippen LogP contribution is 2.22. The van der Waals surface area contributed by atoms with E-state index in [1.165, 1.54) is 13.2 Å². The molecule has 0 fully saturated rings. The van der Waals surface area contributed by atoms with E-state index in [-0.39, 0.29) is 17.3 Å². The zero-order valence-corrected chi connectivity index (χ0v) is 10.9. The fourth-order valence-electron chi connectivity index (χ4n) is 1.76. The van der Waals surface area contributed by atoms with Crippen molar-refractivity contribution in [2.45, 2.75) is 11.3 Å². The molecule has 0 aliphatic rings. The van der Waals surface area contributed by atoms with Crippen LogP contribution in [0.15, 0.2) is 29.3 Å². The number of ether oxygens (including phenoxy) is 1. The molecule has 2 aromatic rings. The minimum absolute atomic E-state index is 0.115. The number of nitrogens with one attached hydrogen (secondary N) is 1. The van der Waals surface area contributed by atoms with E-state index in [1.54, 1.807) is 18.3 Å². The summed E-state index contributed by atoms with van der Waals surface area (Å²) in [7, 11) is -1.93. The number of carbonyl (C=O) groups is 1. The van der Waals surface area contributed by atoms with Crippen LogP contribution in [0.4, 0.5) is 0 Å². The maximum absolute atomic E-state index is 11.5. The molecule has 0 atom stereocenters. The van der Waals surface area contributed by atoms with Crippen LogP contribution in [0.2, 0.25) is 0 Å². The summed E-state index contributed by atoms with van der Waals surface area (Å²) in [5, 5.41) is 0.725. The second kappa shape index (κ2) is 4.45. The molecule has 1 N–H and O–H groups in total. The van der Waals surface area contributed by atoms with Crippen LogP contribution < -0.4 is 0 Å². The van der Waals surface area contributed by atoms with Gasteiger partial charge in [0.1, 0.15) is 0 Å². The van der Waals surface area contributed by atoms with E-state index in [9.17, 15) is 13.2 Å². The molecule has 18 heavy (non-hydrogen) atoms. The Labute approximate surface area is 105 Å². The van der Waals surface area contributed by atoms with Crippen molar-refractivity contribution in [2.24, 2.45) is 0 Å². The summed E-state index contributed by atoms with van der Waals surface area (Å²) in [6.07, 6.45) is 2.96. The van der Waals surface area contributed by atoms with E-state index < -0.39 is 9.84 Å². The Morgan fingerprint density at radius 3 is 2.72 bits per heavy atom. The van der Waals surface area contributed by atoms with Gasteiger partial charge < -0.3 is 9.72 Å². The number of methoxy groups -OCH3 is 1. The Balaban J connectivity index is 2.53. The maximum Gasteiger partial charge on any atom is 0.310 e. The molecule has 1 heterocycles. The standard InChI is InChI=1S/C12H13NO4S/c1-17-12(14)5-8-7-13-11-4-3-9(6-10(8)11)18(2,15)16/h3-4,6-7,13H,5H2,1-2H3. The van der Waals surface area contributed by atoms with Gasteiger partial charge in [-0.25, -0.2) is 8.42 Å². The van der Waals surface area contributed by atoms with Gasteiger partial charge in [-0.2, -0.15) is 0 Å². The van der Waals surface area contributed by atoms with Gasteiger partial charge in [0.25, 0.3) is 0 Å². The van der Waals surface area contributed by atoms with Crippen LogP contribution in [0.25, 0.3) is 10.9 Å². The molecule has 0 saturated carbocycles. The topological polar surface area (TPSA) is 76.2 Å². The highest BCUT2D eigenvalue weighted by Gasteiger charge is 2.12. The smallest absolute Gasteiger partial charge is 0.310 e. The molecule has 0 aliphatic heterocycles. The number of hydrogen-bond donors (Lipinski definition) is 1. The van der Waals surface area contributed by atoms with E-state index >= 15 is 0 Å². The zero-order valence-electron chi connectivity index (χ0n) is 10.1. The molecule has 0 bridgehead atoms. The first kappa shape index (κ1) is 12.6. The average Bonchev–Trinajstić information content (AvgIpc) is 2.70. The lowest BCUT2D eigenvalue weighted by Crippen LogP contribution is -2.04. The molecule has 2 rings (SSSR count). The number of carbonyl (C=O) groups excluding carboxylic acids is 1. The van der Waals surface area contributed by atoms with Gasteiger partial charge in [-0.15, -0.1) is 0 Å². The molecule has 1 aromatic carbocycles. The molecular weight excluding hydrogens is 254 g/mol. The highest BCUT2D eigenvalue weighted by atomic mass is 32.2. The van der Waals surface area contributed by atoms with Crippen LogP contribution >= 0.6 is 0 Å². The summed E-state index contributed by atoms with van der Waals surface area (Å²) in [5.41, 5.74) is 1.52. The normalized spacial score (nSPS) is 11.7. The maximum atomic E-state index is 11.5. The number of aromatic amines is 1.